The van der Waals surface area contributed by atoms with E-state index in [2.05, 4.69) is 0 Å². The molecule has 9 nitrogen and oxygen atoms in total. The molecule has 0 aromatic rings. The molecule has 0 saturated carbocycles. The number of rotatable bonds is 0. The third kappa shape index (κ3) is 41200. The standard InChI is InChI=1S/B.3O3Si.W.Zn/c;3*1-4(2)3;;/q;3*-2;+6;. The molecule has 0 spiro atoms. The molecule has 0 aliphatic rings. The van der Waals surface area contributed by atoms with Gasteiger partial charge in [-0.15, -0.1) is 0 Å². The van der Waals surface area contributed by atoms with Crippen LogP contribution < -0.4 is 28.8 Å². The van der Waals surface area contributed by atoms with Crippen LogP contribution in [-0.4, -0.2) is 35.9 Å². The van der Waals surface area contributed by atoms with Gasteiger partial charge in [0.1, 0.15) is 0 Å². The summed E-state index contributed by atoms with van der Waals surface area (Å²) in [5.41, 5.74) is 0. The van der Waals surface area contributed by atoms with Crippen LogP contribution in [0.2, 0.25) is 0 Å². The van der Waals surface area contributed by atoms with Gasteiger partial charge < -0.3 is 42.2 Å². The smallest absolute Gasteiger partial charge is 0.672 e. The molecule has 0 atom stereocenters. The maximum atomic E-state index is 8.52. The second-order valence-corrected chi connectivity index (χ2v) is 2.25. The molecule has 0 aliphatic heterocycles. The van der Waals surface area contributed by atoms with E-state index >= 15 is 0 Å². The van der Waals surface area contributed by atoms with Gasteiger partial charge in [-0.3, -0.25) is 0 Å². The molecular weight excluding hydrogens is 488 g/mol. The summed E-state index contributed by atoms with van der Waals surface area (Å²) in [6.07, 6.45) is 0. The summed E-state index contributed by atoms with van der Waals surface area (Å²) >= 11 is 0. The van der Waals surface area contributed by atoms with E-state index in [1.54, 1.807) is 0 Å². The first kappa shape index (κ1) is 36.2. The van der Waals surface area contributed by atoms with Crippen molar-refractivity contribution in [3.05, 3.63) is 0 Å². The van der Waals surface area contributed by atoms with E-state index < -0.39 is 27.5 Å². The molecule has 15 heavy (non-hydrogen) atoms. The van der Waals surface area contributed by atoms with Gasteiger partial charge in [-0.2, -0.15) is 0 Å². The van der Waals surface area contributed by atoms with Crippen LogP contribution in [0.4, 0.5) is 0 Å². The maximum absolute atomic E-state index is 8.52. The Morgan fingerprint density at radius 2 is 0.600 bits per heavy atom. The minimum atomic E-state index is -3.63. The summed E-state index contributed by atoms with van der Waals surface area (Å²) < 4.78 is 25.6. The Kier molecular flexibility index (Phi) is 70.6. The molecule has 0 rings (SSSR count). The van der Waals surface area contributed by atoms with Crippen LogP contribution >= 0.6 is 0 Å². The van der Waals surface area contributed by atoms with Gasteiger partial charge in [0.2, 0.25) is 0 Å². The summed E-state index contributed by atoms with van der Waals surface area (Å²) in [4.78, 5) is 51.1. The van der Waals surface area contributed by atoms with Crippen molar-refractivity contribution in [3.8, 4) is 0 Å². The molecule has 0 aromatic carbocycles. The van der Waals surface area contributed by atoms with Crippen molar-refractivity contribution in [3.63, 3.8) is 0 Å². The quantitative estimate of drug-likeness (QED) is 0.298. The predicted molar refractivity (Wildman–Crippen MR) is 25.1 cm³/mol. The van der Waals surface area contributed by atoms with E-state index in [1.165, 1.54) is 0 Å². The van der Waals surface area contributed by atoms with E-state index in [1.807, 2.05) is 0 Å². The van der Waals surface area contributed by atoms with E-state index in [-0.39, 0.29) is 49.0 Å². The Labute approximate surface area is 118 Å². The molecular formula is BO9Si3WZn. The van der Waals surface area contributed by atoms with Crippen molar-refractivity contribution in [2.45, 2.75) is 0 Å². The minimum absolute atomic E-state index is 0. The molecule has 77 valence electrons. The van der Waals surface area contributed by atoms with Crippen molar-refractivity contribution in [2.24, 2.45) is 0 Å². The first-order chi connectivity index (χ1) is 5.20. The Hall–Kier alpha value is 0.227. The number of hydrogen-bond acceptors (Lipinski definition) is 9. The summed E-state index contributed by atoms with van der Waals surface area (Å²) in [6, 6.07) is 0. The average molecular weight is 488 g/mol. The first-order valence-electron chi connectivity index (χ1n) is 1.84. The monoisotopic (exact) mass is 487 g/mol. The third-order valence-electron chi connectivity index (χ3n) is 0. The van der Waals surface area contributed by atoms with Crippen LogP contribution in [0.5, 0.6) is 0 Å². The molecule has 15 heteroatoms. The number of hydrogen-bond donors (Lipinski definition) is 0. The topological polar surface area (TPSA) is 190 Å². The zero-order valence-electron chi connectivity index (χ0n) is 6.87. The second kappa shape index (κ2) is 29.2. The van der Waals surface area contributed by atoms with Crippen molar-refractivity contribution < 1.29 is 82.7 Å². The molecule has 0 saturated heterocycles. The zero-order valence-corrected chi connectivity index (χ0v) is 15.8. The van der Waals surface area contributed by atoms with Gasteiger partial charge in [0.05, 0.1) is 0 Å². The minimum Gasteiger partial charge on any atom is -0.672 e. The van der Waals surface area contributed by atoms with Crippen LogP contribution in [0, 0.1) is 0 Å². The van der Waals surface area contributed by atoms with Gasteiger partial charge in [0, 0.05) is 55.4 Å². The van der Waals surface area contributed by atoms with Gasteiger partial charge >= 0.3 is 21.1 Å². The molecule has 3 radical (unpaired) electrons. The van der Waals surface area contributed by atoms with Gasteiger partial charge in [0.25, 0.3) is 0 Å². The third-order valence-corrected chi connectivity index (χ3v) is 0. The summed E-state index contributed by atoms with van der Waals surface area (Å²) in [7, 11) is -10.9. The molecule has 0 heterocycles. The molecule has 0 aliphatic carbocycles. The molecule has 0 N–H and O–H groups in total. The van der Waals surface area contributed by atoms with Gasteiger partial charge in [-0.1, -0.05) is 0 Å². The van der Waals surface area contributed by atoms with Gasteiger partial charge in [0.15, 0.2) is 0 Å². The Balaban J connectivity index is -0.0000000184. The maximum Gasteiger partial charge on any atom is 6.00 e. The summed E-state index contributed by atoms with van der Waals surface area (Å²) in [5.74, 6) is 0. The van der Waals surface area contributed by atoms with E-state index in [0.29, 0.717) is 0 Å². The zero-order chi connectivity index (χ0) is 10.7. The fourth-order valence-electron chi connectivity index (χ4n) is 0. The van der Waals surface area contributed by atoms with Crippen LogP contribution in [-0.2, 0) is 53.9 Å². The molecule has 0 bridgehead atoms. The predicted octanol–water partition coefficient (Wildman–Crippen LogP) is -9.02. The Bertz CT molecular complexity index is 123. The van der Waals surface area contributed by atoms with Gasteiger partial charge in [-0.25, -0.2) is 0 Å². The SMILES string of the molecule is O=[Si]([O-])[O-].O=[Si]([O-])[O-].O=[Si]([O-])[O-].[B].[W+6].[Zn]. The van der Waals surface area contributed by atoms with Crippen LogP contribution in [0.25, 0.3) is 0 Å². The van der Waals surface area contributed by atoms with E-state index in [4.69, 9.17) is 42.2 Å². The fourth-order valence-corrected chi connectivity index (χ4v) is 0. The van der Waals surface area contributed by atoms with E-state index in [0.717, 1.165) is 0 Å². The van der Waals surface area contributed by atoms with Crippen molar-refractivity contribution in [1.82, 2.24) is 0 Å². The largest absolute Gasteiger partial charge is 6.00 e. The van der Waals surface area contributed by atoms with Crippen LogP contribution in [0.1, 0.15) is 0 Å². The fraction of sp³-hybridized carbons (Fsp3) is 0. The van der Waals surface area contributed by atoms with Crippen LogP contribution in [0.15, 0.2) is 0 Å². The van der Waals surface area contributed by atoms with Crippen molar-refractivity contribution in [2.75, 3.05) is 0 Å². The van der Waals surface area contributed by atoms with Crippen molar-refractivity contribution in [1.29, 1.82) is 0 Å². The van der Waals surface area contributed by atoms with E-state index in [9.17, 15) is 0 Å². The molecule has 0 unspecified atom stereocenters. The van der Waals surface area contributed by atoms with Gasteiger partial charge in [-0.05, 0) is 0 Å². The first-order valence-corrected chi connectivity index (χ1v) is 5.51. The molecule has 0 fully saturated rings. The normalized spacial score (nSPS) is 4.80. The molecule has 0 aromatic heterocycles. The average Bonchev–Trinajstić information content (AvgIpc) is 1.54. The van der Waals surface area contributed by atoms with Crippen LogP contribution in [0.3, 0.4) is 0 Å². The summed E-state index contributed by atoms with van der Waals surface area (Å²) in [5, 5.41) is 0. The Morgan fingerprint density at radius 1 is 0.600 bits per heavy atom. The second-order valence-electron chi connectivity index (χ2n) is 0.750. The molecule has 0 amide bonds. The summed E-state index contributed by atoms with van der Waals surface area (Å²) in [6.45, 7) is 0. The van der Waals surface area contributed by atoms with Crippen molar-refractivity contribution >= 4 is 35.9 Å². The Morgan fingerprint density at radius 3 is 0.600 bits per heavy atom.